The van der Waals surface area contributed by atoms with Crippen LogP contribution in [0.15, 0.2) is 60.2 Å². The van der Waals surface area contributed by atoms with Gasteiger partial charge in [0, 0.05) is 35.9 Å². The number of allylic oxidation sites excluding steroid dienone is 2. The van der Waals surface area contributed by atoms with Crippen molar-refractivity contribution in [1.29, 1.82) is 0 Å². The molecule has 2 aromatic rings. The number of carbonyl (C=O) groups is 1. The first-order valence-electron chi connectivity index (χ1n) is 7.48. The highest BCUT2D eigenvalue weighted by molar-refractivity contribution is 6.14. The van der Waals surface area contributed by atoms with Crippen LogP contribution in [0, 0.1) is 5.92 Å². The molecular weight excluding hydrogens is 272 g/mol. The number of hydrogen-bond donors (Lipinski definition) is 0. The van der Waals surface area contributed by atoms with Gasteiger partial charge in [0.1, 0.15) is 0 Å². The zero-order valence-electron chi connectivity index (χ0n) is 12.6. The second-order valence-corrected chi connectivity index (χ2v) is 5.75. The molecule has 2 aromatic heterocycles. The monoisotopic (exact) mass is 290 g/mol. The van der Waals surface area contributed by atoms with Gasteiger partial charge in [0.2, 0.25) is 0 Å². The van der Waals surface area contributed by atoms with Crippen LogP contribution < -0.4 is 0 Å². The SMILES string of the molecule is CC1C/C(=C/c2cccnc2)C(=O)/C(=C/c2cccnc2)C1. The van der Waals surface area contributed by atoms with Crippen molar-refractivity contribution in [2.75, 3.05) is 0 Å². The van der Waals surface area contributed by atoms with Gasteiger partial charge in [-0.05, 0) is 54.2 Å². The summed E-state index contributed by atoms with van der Waals surface area (Å²) in [5.41, 5.74) is 3.67. The van der Waals surface area contributed by atoms with E-state index in [0.29, 0.717) is 5.92 Å². The summed E-state index contributed by atoms with van der Waals surface area (Å²) in [6.45, 7) is 2.18. The van der Waals surface area contributed by atoms with E-state index >= 15 is 0 Å². The summed E-state index contributed by atoms with van der Waals surface area (Å²) in [6.07, 6.45) is 12.6. The normalized spacial score (nSPS) is 22.2. The summed E-state index contributed by atoms with van der Waals surface area (Å²) in [6, 6.07) is 7.71. The molecule has 1 fully saturated rings. The van der Waals surface area contributed by atoms with Gasteiger partial charge in [-0.25, -0.2) is 0 Å². The molecule has 3 nitrogen and oxygen atoms in total. The highest BCUT2D eigenvalue weighted by Crippen LogP contribution is 2.31. The molecule has 1 aliphatic rings. The van der Waals surface area contributed by atoms with Crippen LogP contribution >= 0.6 is 0 Å². The Bertz CT molecular complexity index is 656. The van der Waals surface area contributed by atoms with Crippen molar-refractivity contribution in [3.05, 3.63) is 71.3 Å². The molecule has 1 saturated carbocycles. The lowest BCUT2D eigenvalue weighted by Gasteiger charge is -2.22. The van der Waals surface area contributed by atoms with Crippen molar-refractivity contribution in [1.82, 2.24) is 9.97 Å². The molecule has 0 bridgehead atoms. The van der Waals surface area contributed by atoms with Crippen LogP contribution in [0.4, 0.5) is 0 Å². The molecule has 22 heavy (non-hydrogen) atoms. The van der Waals surface area contributed by atoms with Crippen molar-refractivity contribution >= 4 is 17.9 Å². The summed E-state index contributed by atoms with van der Waals surface area (Å²) in [7, 11) is 0. The third-order valence-corrected chi connectivity index (χ3v) is 3.77. The molecule has 0 aliphatic heterocycles. The molecule has 2 heterocycles. The summed E-state index contributed by atoms with van der Waals surface area (Å²) < 4.78 is 0. The molecule has 1 atom stereocenters. The first-order valence-corrected chi connectivity index (χ1v) is 7.48. The Morgan fingerprint density at radius 1 is 0.955 bits per heavy atom. The fraction of sp³-hybridized carbons (Fsp3) is 0.211. The van der Waals surface area contributed by atoms with Crippen LogP contribution in [0.1, 0.15) is 30.9 Å². The first kappa shape index (κ1) is 14.4. The number of Topliss-reactive ketones (excluding diaryl/α,β-unsaturated/α-hetero) is 1. The van der Waals surface area contributed by atoms with Crippen molar-refractivity contribution in [3.63, 3.8) is 0 Å². The number of ketones is 1. The molecule has 1 unspecified atom stereocenters. The van der Waals surface area contributed by atoms with Gasteiger partial charge in [0.05, 0.1) is 0 Å². The zero-order chi connectivity index (χ0) is 15.4. The van der Waals surface area contributed by atoms with Crippen LogP contribution in [-0.4, -0.2) is 15.8 Å². The van der Waals surface area contributed by atoms with Crippen molar-refractivity contribution < 1.29 is 4.79 Å². The number of nitrogens with zero attached hydrogens (tertiary/aromatic N) is 2. The van der Waals surface area contributed by atoms with E-state index in [-0.39, 0.29) is 5.78 Å². The van der Waals surface area contributed by atoms with Gasteiger partial charge in [0.25, 0.3) is 0 Å². The van der Waals surface area contributed by atoms with Crippen LogP contribution in [0.3, 0.4) is 0 Å². The minimum atomic E-state index is 0.144. The van der Waals surface area contributed by atoms with E-state index in [2.05, 4.69) is 16.9 Å². The van der Waals surface area contributed by atoms with Crippen LogP contribution in [-0.2, 0) is 4.79 Å². The molecular formula is C19H18N2O. The molecule has 0 radical (unpaired) electrons. The lowest BCUT2D eigenvalue weighted by atomic mass is 9.81. The van der Waals surface area contributed by atoms with E-state index in [0.717, 1.165) is 35.1 Å². The smallest absolute Gasteiger partial charge is 0.185 e. The lowest BCUT2D eigenvalue weighted by molar-refractivity contribution is -0.113. The van der Waals surface area contributed by atoms with E-state index in [1.165, 1.54) is 0 Å². The molecule has 3 rings (SSSR count). The van der Waals surface area contributed by atoms with Gasteiger partial charge < -0.3 is 0 Å². The van der Waals surface area contributed by atoms with Crippen LogP contribution in [0.25, 0.3) is 12.2 Å². The molecule has 110 valence electrons. The van der Waals surface area contributed by atoms with E-state index in [1.807, 2.05) is 36.4 Å². The Hall–Kier alpha value is -2.55. The Kier molecular flexibility index (Phi) is 4.24. The Balaban J connectivity index is 1.92. The Morgan fingerprint density at radius 2 is 1.45 bits per heavy atom. The molecule has 0 saturated heterocycles. The fourth-order valence-electron chi connectivity index (χ4n) is 2.79. The van der Waals surface area contributed by atoms with Crippen LogP contribution in [0.5, 0.6) is 0 Å². The van der Waals surface area contributed by atoms with Gasteiger partial charge in [-0.15, -0.1) is 0 Å². The number of hydrogen-bond acceptors (Lipinski definition) is 3. The summed E-state index contributed by atoms with van der Waals surface area (Å²) in [5.74, 6) is 0.606. The van der Waals surface area contributed by atoms with Crippen molar-refractivity contribution in [2.45, 2.75) is 19.8 Å². The minimum absolute atomic E-state index is 0.144. The third-order valence-electron chi connectivity index (χ3n) is 3.77. The topological polar surface area (TPSA) is 42.9 Å². The van der Waals surface area contributed by atoms with E-state index in [4.69, 9.17) is 0 Å². The molecule has 0 aromatic carbocycles. The number of carbonyl (C=O) groups excluding carboxylic acids is 1. The van der Waals surface area contributed by atoms with Crippen LogP contribution in [0.2, 0.25) is 0 Å². The first-order chi connectivity index (χ1) is 10.7. The molecule has 3 heteroatoms. The van der Waals surface area contributed by atoms with Crippen molar-refractivity contribution in [3.8, 4) is 0 Å². The van der Waals surface area contributed by atoms with E-state index in [9.17, 15) is 4.79 Å². The zero-order valence-corrected chi connectivity index (χ0v) is 12.6. The van der Waals surface area contributed by atoms with Gasteiger partial charge in [-0.2, -0.15) is 0 Å². The lowest BCUT2D eigenvalue weighted by Crippen LogP contribution is -2.18. The second kappa shape index (κ2) is 6.48. The van der Waals surface area contributed by atoms with E-state index in [1.54, 1.807) is 24.8 Å². The van der Waals surface area contributed by atoms with Gasteiger partial charge in [-0.3, -0.25) is 14.8 Å². The number of aromatic nitrogens is 2. The maximum absolute atomic E-state index is 12.7. The standard InChI is InChI=1S/C19H18N2O/c1-14-8-17(10-15-4-2-6-20-12-15)19(22)18(9-14)11-16-5-3-7-21-13-16/h2-7,10-14H,8-9H2,1H3/b17-10-,18-11+. The molecule has 0 amide bonds. The quantitative estimate of drug-likeness (QED) is 0.787. The average molecular weight is 290 g/mol. The molecule has 0 spiro atoms. The number of rotatable bonds is 2. The minimum Gasteiger partial charge on any atom is -0.289 e. The maximum atomic E-state index is 12.7. The average Bonchev–Trinajstić information content (AvgIpc) is 2.54. The molecule has 1 aliphatic carbocycles. The highest BCUT2D eigenvalue weighted by Gasteiger charge is 2.25. The molecule has 0 N–H and O–H groups in total. The summed E-state index contributed by atoms with van der Waals surface area (Å²) in [4.78, 5) is 20.9. The van der Waals surface area contributed by atoms with Gasteiger partial charge in [0.15, 0.2) is 5.78 Å². The second-order valence-electron chi connectivity index (χ2n) is 5.75. The van der Waals surface area contributed by atoms with Crippen molar-refractivity contribution in [2.24, 2.45) is 5.92 Å². The highest BCUT2D eigenvalue weighted by atomic mass is 16.1. The van der Waals surface area contributed by atoms with Gasteiger partial charge in [-0.1, -0.05) is 19.1 Å². The third kappa shape index (κ3) is 3.37. The largest absolute Gasteiger partial charge is 0.289 e. The predicted octanol–water partition coefficient (Wildman–Crippen LogP) is 3.94. The van der Waals surface area contributed by atoms with Gasteiger partial charge >= 0.3 is 0 Å². The Morgan fingerprint density at radius 3 is 1.86 bits per heavy atom. The maximum Gasteiger partial charge on any atom is 0.185 e. The summed E-state index contributed by atoms with van der Waals surface area (Å²) >= 11 is 0. The Labute approximate surface area is 130 Å². The van der Waals surface area contributed by atoms with E-state index < -0.39 is 0 Å². The number of pyridine rings is 2. The predicted molar refractivity (Wildman–Crippen MR) is 87.8 cm³/mol. The summed E-state index contributed by atoms with van der Waals surface area (Å²) in [5, 5.41) is 0. The fourth-order valence-corrected chi connectivity index (χ4v) is 2.79.